The average molecular weight is 111 g/mol. The van der Waals surface area contributed by atoms with Crippen LogP contribution in [0, 0.1) is 5.92 Å². The van der Waals surface area contributed by atoms with Crippen molar-refractivity contribution in [1.29, 1.82) is 0 Å². The molecule has 1 unspecified atom stereocenters. The van der Waals surface area contributed by atoms with Gasteiger partial charge >= 0.3 is 0 Å². The van der Waals surface area contributed by atoms with Crippen LogP contribution in [-0.2, 0) is 4.79 Å². The Balaban J connectivity index is 2.51. The number of hydrogen-bond acceptors (Lipinski definition) is 1. The van der Waals surface area contributed by atoms with E-state index >= 15 is 0 Å². The molecule has 1 heterocycles. The molecule has 0 radical (unpaired) electrons. The van der Waals surface area contributed by atoms with Gasteiger partial charge in [-0.05, 0) is 12.8 Å². The maximum atomic E-state index is 10.6. The number of rotatable bonds is 1. The van der Waals surface area contributed by atoms with Crippen molar-refractivity contribution in [2.75, 3.05) is 0 Å². The SMILES string of the molecule is CCC1CC=NC1=O. The van der Waals surface area contributed by atoms with E-state index in [9.17, 15) is 4.79 Å². The van der Waals surface area contributed by atoms with Crippen LogP contribution < -0.4 is 0 Å². The second-order valence-electron chi connectivity index (χ2n) is 1.99. The first kappa shape index (κ1) is 5.48. The molecule has 1 rings (SSSR count). The number of hydrogen-bond donors (Lipinski definition) is 0. The molecule has 0 N–H and O–H groups in total. The summed E-state index contributed by atoms with van der Waals surface area (Å²) in [6.45, 7) is 2.01. The second-order valence-corrected chi connectivity index (χ2v) is 1.99. The number of aliphatic imine (C=N–C) groups is 1. The van der Waals surface area contributed by atoms with Crippen molar-refractivity contribution < 1.29 is 4.79 Å². The highest BCUT2D eigenvalue weighted by atomic mass is 16.1. The third kappa shape index (κ3) is 0.782. The minimum Gasteiger partial charge on any atom is -0.272 e. The summed E-state index contributed by atoms with van der Waals surface area (Å²) >= 11 is 0. The Morgan fingerprint density at radius 2 is 2.75 bits per heavy atom. The molecule has 2 nitrogen and oxygen atoms in total. The van der Waals surface area contributed by atoms with Crippen LogP contribution in [0.25, 0.3) is 0 Å². The average Bonchev–Trinajstić information content (AvgIpc) is 2.14. The maximum absolute atomic E-state index is 10.6. The van der Waals surface area contributed by atoms with Gasteiger partial charge in [0.2, 0.25) is 5.91 Å². The molecule has 0 spiro atoms. The van der Waals surface area contributed by atoms with Crippen LogP contribution in [-0.4, -0.2) is 12.1 Å². The molecule has 0 aromatic carbocycles. The molecule has 0 saturated carbocycles. The smallest absolute Gasteiger partial charge is 0.248 e. The fourth-order valence-corrected chi connectivity index (χ4v) is 0.817. The van der Waals surface area contributed by atoms with Gasteiger partial charge in [-0.1, -0.05) is 6.92 Å². The summed E-state index contributed by atoms with van der Waals surface area (Å²) in [5.41, 5.74) is 0. The van der Waals surface area contributed by atoms with Gasteiger partial charge in [-0.2, -0.15) is 0 Å². The molecule has 8 heavy (non-hydrogen) atoms. The van der Waals surface area contributed by atoms with E-state index in [0.717, 1.165) is 12.8 Å². The van der Waals surface area contributed by atoms with Crippen LogP contribution in [0.4, 0.5) is 0 Å². The Labute approximate surface area is 48.6 Å². The van der Waals surface area contributed by atoms with Crippen LogP contribution in [0.1, 0.15) is 19.8 Å². The van der Waals surface area contributed by atoms with Gasteiger partial charge in [0, 0.05) is 12.1 Å². The predicted molar refractivity (Wildman–Crippen MR) is 31.9 cm³/mol. The zero-order valence-electron chi connectivity index (χ0n) is 4.92. The largest absolute Gasteiger partial charge is 0.272 e. The van der Waals surface area contributed by atoms with Gasteiger partial charge in [0.1, 0.15) is 0 Å². The maximum Gasteiger partial charge on any atom is 0.248 e. The van der Waals surface area contributed by atoms with E-state index in [1.165, 1.54) is 0 Å². The van der Waals surface area contributed by atoms with Crippen molar-refractivity contribution >= 4 is 12.1 Å². The summed E-state index contributed by atoms with van der Waals surface area (Å²) in [6, 6.07) is 0. The second kappa shape index (κ2) is 2.07. The van der Waals surface area contributed by atoms with Crippen molar-refractivity contribution in [1.82, 2.24) is 0 Å². The number of carbonyl (C=O) groups excluding carboxylic acids is 1. The van der Waals surface area contributed by atoms with Crippen LogP contribution in [0.15, 0.2) is 4.99 Å². The third-order valence-electron chi connectivity index (χ3n) is 1.45. The highest BCUT2D eigenvalue weighted by Crippen LogP contribution is 2.13. The van der Waals surface area contributed by atoms with Crippen LogP contribution in [0.2, 0.25) is 0 Å². The van der Waals surface area contributed by atoms with E-state index in [2.05, 4.69) is 4.99 Å². The monoisotopic (exact) mass is 111 g/mol. The summed E-state index contributed by atoms with van der Waals surface area (Å²) in [6.07, 6.45) is 3.49. The minimum absolute atomic E-state index is 0.0625. The fourth-order valence-electron chi connectivity index (χ4n) is 0.817. The van der Waals surface area contributed by atoms with Crippen molar-refractivity contribution in [2.24, 2.45) is 10.9 Å². The summed E-state index contributed by atoms with van der Waals surface area (Å²) in [5, 5.41) is 0. The van der Waals surface area contributed by atoms with Gasteiger partial charge in [-0.15, -0.1) is 0 Å². The van der Waals surface area contributed by atoms with Crippen LogP contribution in [0.3, 0.4) is 0 Å². The first-order valence-corrected chi connectivity index (χ1v) is 2.91. The molecular formula is C6H9NO. The predicted octanol–water partition coefficient (Wildman–Crippen LogP) is 1.01. The summed E-state index contributed by atoms with van der Waals surface area (Å²) in [5.74, 6) is 0.266. The first-order valence-electron chi connectivity index (χ1n) is 2.91. The van der Waals surface area contributed by atoms with Gasteiger partial charge in [0.25, 0.3) is 0 Å². The Bertz CT molecular complexity index is 128. The van der Waals surface area contributed by atoms with Crippen molar-refractivity contribution in [3.8, 4) is 0 Å². The molecular weight excluding hydrogens is 102 g/mol. The third-order valence-corrected chi connectivity index (χ3v) is 1.45. The molecule has 0 aliphatic carbocycles. The molecule has 1 aliphatic heterocycles. The molecule has 2 heteroatoms. The van der Waals surface area contributed by atoms with E-state index in [1.807, 2.05) is 6.92 Å². The minimum atomic E-state index is 0.0625. The molecule has 0 aromatic heterocycles. The van der Waals surface area contributed by atoms with Crippen molar-refractivity contribution in [3.63, 3.8) is 0 Å². The van der Waals surface area contributed by atoms with E-state index in [1.54, 1.807) is 6.21 Å². The quantitative estimate of drug-likeness (QED) is 0.496. The highest BCUT2D eigenvalue weighted by molar-refractivity contribution is 5.93. The molecule has 0 aromatic rings. The van der Waals surface area contributed by atoms with Crippen LogP contribution in [0.5, 0.6) is 0 Å². The van der Waals surface area contributed by atoms with Crippen molar-refractivity contribution in [2.45, 2.75) is 19.8 Å². The first-order chi connectivity index (χ1) is 3.84. The highest BCUT2D eigenvalue weighted by Gasteiger charge is 2.17. The molecule has 0 saturated heterocycles. The van der Waals surface area contributed by atoms with Crippen LogP contribution >= 0.6 is 0 Å². The zero-order chi connectivity index (χ0) is 5.98. The van der Waals surface area contributed by atoms with E-state index in [4.69, 9.17) is 0 Å². The zero-order valence-corrected chi connectivity index (χ0v) is 4.92. The van der Waals surface area contributed by atoms with Gasteiger partial charge in [0.15, 0.2) is 0 Å². The Kier molecular flexibility index (Phi) is 1.42. The van der Waals surface area contributed by atoms with Gasteiger partial charge in [-0.3, -0.25) is 4.79 Å². The summed E-state index contributed by atoms with van der Waals surface area (Å²) < 4.78 is 0. The van der Waals surface area contributed by atoms with Gasteiger partial charge in [-0.25, -0.2) is 4.99 Å². The topological polar surface area (TPSA) is 29.4 Å². The summed E-state index contributed by atoms with van der Waals surface area (Å²) in [4.78, 5) is 14.2. The molecule has 0 fully saturated rings. The lowest BCUT2D eigenvalue weighted by molar-refractivity contribution is -0.120. The molecule has 1 aliphatic rings. The number of carbonyl (C=O) groups is 1. The molecule has 0 bridgehead atoms. The number of amides is 1. The lowest BCUT2D eigenvalue weighted by Crippen LogP contribution is -2.03. The lowest BCUT2D eigenvalue weighted by Gasteiger charge is -1.97. The van der Waals surface area contributed by atoms with E-state index in [-0.39, 0.29) is 11.8 Å². The Morgan fingerprint density at radius 3 is 3.00 bits per heavy atom. The Morgan fingerprint density at radius 1 is 2.00 bits per heavy atom. The fraction of sp³-hybridized carbons (Fsp3) is 0.667. The molecule has 1 amide bonds. The van der Waals surface area contributed by atoms with Crippen molar-refractivity contribution in [3.05, 3.63) is 0 Å². The molecule has 44 valence electrons. The normalized spacial score (nSPS) is 27.1. The number of nitrogens with zero attached hydrogens (tertiary/aromatic N) is 1. The van der Waals surface area contributed by atoms with E-state index in [0.29, 0.717) is 0 Å². The molecule has 1 atom stereocenters. The standard InChI is InChI=1S/C6H9NO/c1-2-5-3-4-7-6(5)8/h4-5H,2-3H2,1H3. The van der Waals surface area contributed by atoms with Gasteiger partial charge < -0.3 is 0 Å². The lowest BCUT2D eigenvalue weighted by atomic mass is 10.1. The summed E-state index contributed by atoms with van der Waals surface area (Å²) in [7, 11) is 0. The Hall–Kier alpha value is -0.660. The van der Waals surface area contributed by atoms with Gasteiger partial charge in [0.05, 0.1) is 0 Å². The van der Waals surface area contributed by atoms with E-state index < -0.39 is 0 Å².